The van der Waals surface area contributed by atoms with Gasteiger partial charge >= 0.3 is 0 Å². The number of benzene rings is 1. The summed E-state index contributed by atoms with van der Waals surface area (Å²) >= 11 is 11.8. The fourth-order valence-corrected chi connectivity index (χ4v) is 2.23. The summed E-state index contributed by atoms with van der Waals surface area (Å²) in [6.07, 6.45) is 3.16. The SMILES string of the molecule is Clc1ccc(OCCO[C@H]2CCCCO2)c(Cl)c1. The first-order valence-electron chi connectivity index (χ1n) is 6.07. The molecule has 0 unspecified atom stereocenters. The van der Waals surface area contributed by atoms with Gasteiger partial charge in [-0.05, 0) is 37.5 Å². The van der Waals surface area contributed by atoms with E-state index in [-0.39, 0.29) is 6.29 Å². The Morgan fingerprint density at radius 1 is 1.22 bits per heavy atom. The molecule has 1 saturated heterocycles. The van der Waals surface area contributed by atoms with E-state index >= 15 is 0 Å². The van der Waals surface area contributed by atoms with Crippen molar-refractivity contribution in [3.63, 3.8) is 0 Å². The highest BCUT2D eigenvalue weighted by Crippen LogP contribution is 2.27. The van der Waals surface area contributed by atoms with E-state index < -0.39 is 0 Å². The molecule has 0 aromatic heterocycles. The molecule has 5 heteroatoms. The summed E-state index contributed by atoms with van der Waals surface area (Å²) in [7, 11) is 0. The zero-order chi connectivity index (χ0) is 12.8. The zero-order valence-electron chi connectivity index (χ0n) is 10.0. The van der Waals surface area contributed by atoms with Crippen molar-refractivity contribution in [2.45, 2.75) is 25.6 Å². The van der Waals surface area contributed by atoms with Gasteiger partial charge in [-0.15, -0.1) is 0 Å². The smallest absolute Gasteiger partial charge is 0.157 e. The minimum Gasteiger partial charge on any atom is -0.490 e. The Hall–Kier alpha value is -0.480. The predicted octanol–water partition coefficient (Wildman–Crippen LogP) is 3.92. The molecule has 0 aliphatic carbocycles. The highest BCUT2D eigenvalue weighted by atomic mass is 35.5. The van der Waals surface area contributed by atoms with Crippen LogP contribution in [0.4, 0.5) is 0 Å². The van der Waals surface area contributed by atoms with Gasteiger partial charge in [0.25, 0.3) is 0 Å². The summed E-state index contributed by atoms with van der Waals surface area (Å²) in [5.41, 5.74) is 0. The number of ether oxygens (including phenoxy) is 3. The van der Waals surface area contributed by atoms with Gasteiger partial charge < -0.3 is 14.2 Å². The van der Waals surface area contributed by atoms with Gasteiger partial charge in [0.1, 0.15) is 12.4 Å². The summed E-state index contributed by atoms with van der Waals surface area (Å²) in [5.74, 6) is 0.620. The van der Waals surface area contributed by atoms with Crippen LogP contribution in [-0.4, -0.2) is 26.1 Å². The molecule has 100 valence electrons. The molecule has 3 nitrogen and oxygen atoms in total. The third-order valence-corrected chi connectivity index (χ3v) is 3.21. The van der Waals surface area contributed by atoms with Gasteiger partial charge in [0.15, 0.2) is 6.29 Å². The van der Waals surface area contributed by atoms with E-state index in [2.05, 4.69) is 0 Å². The first-order chi connectivity index (χ1) is 8.75. The lowest BCUT2D eigenvalue weighted by atomic mass is 10.2. The zero-order valence-corrected chi connectivity index (χ0v) is 11.5. The molecule has 1 heterocycles. The Bertz CT molecular complexity index is 378. The van der Waals surface area contributed by atoms with Gasteiger partial charge in [0.2, 0.25) is 0 Å². The van der Waals surface area contributed by atoms with Crippen LogP contribution >= 0.6 is 23.2 Å². The van der Waals surface area contributed by atoms with E-state index in [0.29, 0.717) is 29.0 Å². The van der Waals surface area contributed by atoms with E-state index in [9.17, 15) is 0 Å². The molecule has 0 spiro atoms. The van der Waals surface area contributed by atoms with Gasteiger partial charge in [-0.1, -0.05) is 23.2 Å². The molecule has 0 amide bonds. The van der Waals surface area contributed by atoms with Gasteiger partial charge in [-0.2, -0.15) is 0 Å². The number of rotatable bonds is 5. The van der Waals surface area contributed by atoms with Crippen LogP contribution in [0.2, 0.25) is 10.0 Å². The van der Waals surface area contributed by atoms with E-state index in [1.165, 1.54) is 0 Å². The molecule has 1 aromatic carbocycles. The Balaban J connectivity index is 1.68. The van der Waals surface area contributed by atoms with Gasteiger partial charge in [0, 0.05) is 11.6 Å². The maximum absolute atomic E-state index is 5.98. The van der Waals surface area contributed by atoms with Gasteiger partial charge in [-0.25, -0.2) is 0 Å². The van der Waals surface area contributed by atoms with Gasteiger partial charge in [0.05, 0.1) is 11.6 Å². The Labute approximate surface area is 117 Å². The molecule has 0 N–H and O–H groups in total. The molecule has 0 bridgehead atoms. The topological polar surface area (TPSA) is 27.7 Å². The standard InChI is InChI=1S/C13H16Cl2O3/c14-10-4-5-12(11(15)9-10)16-7-8-18-13-3-1-2-6-17-13/h4-5,9,13H,1-3,6-8H2/t13-/m0/s1. The summed E-state index contributed by atoms with van der Waals surface area (Å²) in [6, 6.07) is 5.15. The summed E-state index contributed by atoms with van der Waals surface area (Å²) < 4.78 is 16.5. The number of halogens is 2. The molecule has 18 heavy (non-hydrogen) atoms. The van der Waals surface area contributed by atoms with Crippen LogP contribution in [-0.2, 0) is 9.47 Å². The average Bonchev–Trinajstić information content (AvgIpc) is 2.38. The number of hydrogen-bond donors (Lipinski definition) is 0. The maximum atomic E-state index is 5.98. The second-order valence-electron chi connectivity index (χ2n) is 4.09. The monoisotopic (exact) mass is 290 g/mol. The molecule has 0 radical (unpaired) electrons. The molecule has 1 fully saturated rings. The highest BCUT2D eigenvalue weighted by Gasteiger charge is 2.13. The van der Waals surface area contributed by atoms with Crippen LogP contribution in [0.1, 0.15) is 19.3 Å². The lowest BCUT2D eigenvalue weighted by molar-refractivity contribution is -0.165. The van der Waals surface area contributed by atoms with Crippen LogP contribution in [0.25, 0.3) is 0 Å². The molecular weight excluding hydrogens is 275 g/mol. The first kappa shape index (κ1) is 13.9. The van der Waals surface area contributed by atoms with Crippen LogP contribution in [0, 0.1) is 0 Å². The van der Waals surface area contributed by atoms with Crippen molar-refractivity contribution in [2.24, 2.45) is 0 Å². The van der Waals surface area contributed by atoms with Crippen molar-refractivity contribution in [2.75, 3.05) is 19.8 Å². The normalized spacial score (nSPS) is 19.8. The largest absolute Gasteiger partial charge is 0.490 e. The molecular formula is C13H16Cl2O3. The van der Waals surface area contributed by atoms with Crippen molar-refractivity contribution in [1.29, 1.82) is 0 Å². The summed E-state index contributed by atoms with van der Waals surface area (Å²) in [4.78, 5) is 0. The van der Waals surface area contributed by atoms with Gasteiger partial charge in [-0.3, -0.25) is 0 Å². The molecule has 1 aromatic rings. The third-order valence-electron chi connectivity index (χ3n) is 2.68. The maximum Gasteiger partial charge on any atom is 0.157 e. The minimum atomic E-state index is -0.0805. The van der Waals surface area contributed by atoms with Crippen LogP contribution in [0.5, 0.6) is 5.75 Å². The molecule has 1 aliphatic heterocycles. The van der Waals surface area contributed by atoms with Crippen molar-refractivity contribution in [1.82, 2.24) is 0 Å². The Morgan fingerprint density at radius 2 is 2.11 bits per heavy atom. The lowest BCUT2D eigenvalue weighted by Gasteiger charge is -2.22. The van der Waals surface area contributed by atoms with E-state index in [4.69, 9.17) is 37.4 Å². The Morgan fingerprint density at radius 3 is 2.83 bits per heavy atom. The van der Waals surface area contributed by atoms with Crippen molar-refractivity contribution in [3.05, 3.63) is 28.2 Å². The quantitative estimate of drug-likeness (QED) is 0.770. The summed E-state index contributed by atoms with van der Waals surface area (Å²) in [5, 5.41) is 1.11. The second kappa shape index (κ2) is 7.19. The first-order valence-corrected chi connectivity index (χ1v) is 6.82. The Kier molecular flexibility index (Phi) is 5.57. The number of hydrogen-bond acceptors (Lipinski definition) is 3. The van der Waals surface area contributed by atoms with Crippen LogP contribution < -0.4 is 4.74 Å². The van der Waals surface area contributed by atoms with Crippen molar-refractivity contribution in [3.8, 4) is 5.75 Å². The molecule has 0 saturated carbocycles. The highest BCUT2D eigenvalue weighted by molar-refractivity contribution is 6.35. The fraction of sp³-hybridized carbons (Fsp3) is 0.538. The van der Waals surface area contributed by atoms with E-state index in [1.54, 1.807) is 18.2 Å². The van der Waals surface area contributed by atoms with Crippen molar-refractivity contribution >= 4 is 23.2 Å². The fourth-order valence-electron chi connectivity index (χ4n) is 1.77. The predicted molar refractivity (Wildman–Crippen MR) is 71.5 cm³/mol. The average molecular weight is 291 g/mol. The van der Waals surface area contributed by atoms with E-state index in [0.717, 1.165) is 25.9 Å². The van der Waals surface area contributed by atoms with Crippen LogP contribution in [0.3, 0.4) is 0 Å². The third kappa shape index (κ3) is 4.32. The van der Waals surface area contributed by atoms with Crippen LogP contribution in [0.15, 0.2) is 18.2 Å². The van der Waals surface area contributed by atoms with E-state index in [1.807, 2.05) is 0 Å². The minimum absolute atomic E-state index is 0.0805. The lowest BCUT2D eigenvalue weighted by Crippen LogP contribution is -2.24. The second-order valence-corrected chi connectivity index (χ2v) is 4.93. The molecule has 2 rings (SSSR count). The summed E-state index contributed by atoms with van der Waals surface area (Å²) in [6.45, 7) is 1.72. The van der Waals surface area contributed by atoms with Crippen molar-refractivity contribution < 1.29 is 14.2 Å². The molecule has 1 aliphatic rings. The molecule has 1 atom stereocenters.